The van der Waals surface area contributed by atoms with Crippen molar-refractivity contribution in [2.24, 2.45) is 0 Å². The lowest BCUT2D eigenvalue weighted by atomic mass is 10.1. The summed E-state index contributed by atoms with van der Waals surface area (Å²) in [6.45, 7) is 3.75. The monoisotopic (exact) mass is 379 g/mol. The lowest BCUT2D eigenvalue weighted by Gasteiger charge is -2.34. The van der Waals surface area contributed by atoms with E-state index in [9.17, 15) is 14.4 Å². The Morgan fingerprint density at radius 1 is 1.07 bits per heavy atom. The van der Waals surface area contributed by atoms with Crippen LogP contribution in [-0.2, 0) is 11.2 Å². The lowest BCUT2D eigenvalue weighted by Crippen LogP contribution is -2.50. The first-order valence-electron chi connectivity index (χ1n) is 9.24. The Kier molecular flexibility index (Phi) is 4.73. The molecule has 1 aliphatic rings. The van der Waals surface area contributed by atoms with Crippen LogP contribution >= 0.6 is 0 Å². The predicted octanol–water partition coefficient (Wildman–Crippen LogP) is 1.96. The second-order valence-corrected chi connectivity index (χ2v) is 7.03. The fourth-order valence-corrected chi connectivity index (χ4v) is 3.48. The van der Waals surface area contributed by atoms with Crippen LogP contribution in [0, 0.1) is 6.92 Å². The SMILES string of the molecule is Cc1cc2cc(CC(=O)N3CCN(C(=O)c4ccco4)CC3)ccc2[nH]c1=O. The number of aryl methyl sites for hydroxylation is 1. The third-order valence-corrected chi connectivity index (χ3v) is 5.10. The summed E-state index contributed by atoms with van der Waals surface area (Å²) in [6, 6.07) is 10.8. The molecule has 3 aromatic rings. The van der Waals surface area contributed by atoms with Gasteiger partial charge in [0.15, 0.2) is 5.76 Å². The van der Waals surface area contributed by atoms with E-state index in [1.807, 2.05) is 24.3 Å². The highest BCUT2D eigenvalue weighted by Gasteiger charge is 2.26. The Morgan fingerprint density at radius 3 is 2.54 bits per heavy atom. The van der Waals surface area contributed by atoms with Gasteiger partial charge in [0.05, 0.1) is 12.7 Å². The molecule has 1 fully saturated rings. The van der Waals surface area contributed by atoms with Crippen LogP contribution in [0.25, 0.3) is 10.9 Å². The van der Waals surface area contributed by atoms with Crippen LogP contribution in [-0.4, -0.2) is 52.8 Å². The minimum Gasteiger partial charge on any atom is -0.459 e. The Bertz CT molecular complexity index is 1080. The van der Waals surface area contributed by atoms with Gasteiger partial charge in [-0.3, -0.25) is 14.4 Å². The number of pyridine rings is 1. The van der Waals surface area contributed by atoms with Crippen molar-refractivity contribution in [2.75, 3.05) is 26.2 Å². The van der Waals surface area contributed by atoms with E-state index in [0.29, 0.717) is 43.9 Å². The number of benzene rings is 1. The highest BCUT2D eigenvalue weighted by atomic mass is 16.3. The molecule has 144 valence electrons. The number of fused-ring (bicyclic) bond motifs is 1. The summed E-state index contributed by atoms with van der Waals surface area (Å²) in [5.41, 5.74) is 2.21. The Balaban J connectivity index is 1.39. The first-order chi connectivity index (χ1) is 13.5. The number of hydrogen-bond donors (Lipinski definition) is 1. The van der Waals surface area contributed by atoms with Crippen LogP contribution in [0.2, 0.25) is 0 Å². The Morgan fingerprint density at radius 2 is 1.82 bits per heavy atom. The minimum absolute atomic E-state index is 0.0330. The molecule has 0 atom stereocenters. The molecule has 1 aromatic carbocycles. The number of aromatic nitrogens is 1. The molecule has 0 bridgehead atoms. The van der Waals surface area contributed by atoms with E-state index >= 15 is 0 Å². The van der Waals surface area contributed by atoms with Crippen molar-refractivity contribution < 1.29 is 14.0 Å². The second-order valence-electron chi connectivity index (χ2n) is 7.03. The molecule has 2 aromatic heterocycles. The maximum atomic E-state index is 12.7. The molecule has 28 heavy (non-hydrogen) atoms. The maximum absolute atomic E-state index is 12.7. The quantitative estimate of drug-likeness (QED) is 0.754. The normalized spacial score (nSPS) is 14.5. The molecule has 0 radical (unpaired) electrons. The molecular formula is C21H21N3O4. The van der Waals surface area contributed by atoms with Crippen LogP contribution < -0.4 is 5.56 Å². The van der Waals surface area contributed by atoms with Gasteiger partial charge in [-0.1, -0.05) is 6.07 Å². The van der Waals surface area contributed by atoms with Crippen LogP contribution in [0.1, 0.15) is 21.7 Å². The summed E-state index contributed by atoms with van der Waals surface area (Å²) in [7, 11) is 0. The zero-order valence-corrected chi connectivity index (χ0v) is 15.6. The lowest BCUT2D eigenvalue weighted by molar-refractivity contribution is -0.131. The van der Waals surface area contributed by atoms with Gasteiger partial charge in [0.25, 0.3) is 11.5 Å². The van der Waals surface area contributed by atoms with E-state index in [1.54, 1.807) is 28.9 Å². The fraction of sp³-hybridized carbons (Fsp3) is 0.286. The van der Waals surface area contributed by atoms with Crippen LogP contribution in [0.15, 0.2) is 51.9 Å². The van der Waals surface area contributed by atoms with Gasteiger partial charge in [0.2, 0.25) is 5.91 Å². The zero-order chi connectivity index (χ0) is 19.7. The number of H-pyrrole nitrogens is 1. The molecule has 7 heteroatoms. The number of nitrogens with one attached hydrogen (secondary N) is 1. The number of carbonyl (C=O) groups is 2. The molecule has 4 rings (SSSR count). The van der Waals surface area contributed by atoms with Gasteiger partial charge in [-0.25, -0.2) is 0 Å². The largest absolute Gasteiger partial charge is 0.459 e. The summed E-state index contributed by atoms with van der Waals surface area (Å²) in [5, 5.41) is 0.913. The number of furan rings is 1. The molecule has 0 spiro atoms. The van der Waals surface area contributed by atoms with Crippen molar-refractivity contribution in [2.45, 2.75) is 13.3 Å². The topological polar surface area (TPSA) is 86.6 Å². The van der Waals surface area contributed by atoms with Crippen LogP contribution in [0.3, 0.4) is 0 Å². The van der Waals surface area contributed by atoms with Crippen LogP contribution in [0.5, 0.6) is 0 Å². The van der Waals surface area contributed by atoms with Crippen molar-refractivity contribution >= 4 is 22.7 Å². The Hall–Kier alpha value is -3.35. The van der Waals surface area contributed by atoms with Gasteiger partial charge in [-0.2, -0.15) is 0 Å². The second kappa shape index (κ2) is 7.34. The van der Waals surface area contributed by atoms with Crippen molar-refractivity contribution in [3.8, 4) is 0 Å². The summed E-state index contributed by atoms with van der Waals surface area (Å²) >= 11 is 0. The molecule has 1 aliphatic heterocycles. The average Bonchev–Trinajstić information content (AvgIpc) is 3.23. The number of nitrogens with zero attached hydrogens (tertiary/aromatic N) is 2. The standard InChI is InChI=1S/C21H21N3O4/c1-14-11-16-12-15(4-5-17(16)22-20(14)26)13-19(25)23-6-8-24(9-7-23)21(27)18-3-2-10-28-18/h2-5,10-12H,6-9,13H2,1H3,(H,22,26). The van der Waals surface area contributed by atoms with Crippen molar-refractivity contribution in [1.82, 2.24) is 14.8 Å². The summed E-state index contributed by atoms with van der Waals surface area (Å²) in [6.07, 6.45) is 1.77. The smallest absolute Gasteiger partial charge is 0.289 e. The molecule has 0 unspecified atom stereocenters. The highest BCUT2D eigenvalue weighted by Crippen LogP contribution is 2.16. The van der Waals surface area contributed by atoms with E-state index in [4.69, 9.17) is 4.42 Å². The molecule has 0 aliphatic carbocycles. The molecule has 7 nitrogen and oxygen atoms in total. The number of amides is 2. The molecule has 1 saturated heterocycles. The molecule has 1 N–H and O–H groups in total. The molecule has 0 saturated carbocycles. The number of piperazine rings is 1. The summed E-state index contributed by atoms with van der Waals surface area (Å²) < 4.78 is 5.16. The van der Waals surface area contributed by atoms with E-state index in [2.05, 4.69) is 4.98 Å². The number of aromatic amines is 1. The maximum Gasteiger partial charge on any atom is 0.289 e. The highest BCUT2D eigenvalue weighted by molar-refractivity contribution is 5.91. The summed E-state index contributed by atoms with van der Waals surface area (Å²) in [4.78, 5) is 43.0. The first-order valence-corrected chi connectivity index (χ1v) is 9.24. The number of rotatable bonds is 3. The van der Waals surface area contributed by atoms with Gasteiger partial charge in [-0.05, 0) is 48.2 Å². The average molecular weight is 379 g/mol. The van der Waals surface area contributed by atoms with E-state index in [0.717, 1.165) is 16.5 Å². The van der Waals surface area contributed by atoms with E-state index in [-0.39, 0.29) is 17.4 Å². The summed E-state index contributed by atoms with van der Waals surface area (Å²) in [5.74, 6) is 0.214. The van der Waals surface area contributed by atoms with E-state index in [1.165, 1.54) is 6.26 Å². The first kappa shape index (κ1) is 18.0. The van der Waals surface area contributed by atoms with Gasteiger partial charge in [-0.15, -0.1) is 0 Å². The third kappa shape index (κ3) is 3.55. The molecule has 3 heterocycles. The predicted molar refractivity (Wildman–Crippen MR) is 104 cm³/mol. The Labute approximate surface area is 161 Å². The number of carbonyl (C=O) groups excluding carboxylic acids is 2. The molecular weight excluding hydrogens is 358 g/mol. The van der Waals surface area contributed by atoms with Gasteiger partial charge in [0.1, 0.15) is 0 Å². The fourth-order valence-electron chi connectivity index (χ4n) is 3.48. The van der Waals surface area contributed by atoms with Gasteiger partial charge >= 0.3 is 0 Å². The zero-order valence-electron chi connectivity index (χ0n) is 15.6. The third-order valence-electron chi connectivity index (χ3n) is 5.10. The van der Waals surface area contributed by atoms with Crippen molar-refractivity contribution in [1.29, 1.82) is 0 Å². The number of hydrogen-bond acceptors (Lipinski definition) is 4. The van der Waals surface area contributed by atoms with Crippen molar-refractivity contribution in [3.63, 3.8) is 0 Å². The molecule has 2 amide bonds. The van der Waals surface area contributed by atoms with Crippen LogP contribution in [0.4, 0.5) is 0 Å². The van der Waals surface area contributed by atoms with E-state index < -0.39 is 0 Å². The van der Waals surface area contributed by atoms with Gasteiger partial charge < -0.3 is 19.2 Å². The van der Waals surface area contributed by atoms with Crippen molar-refractivity contribution in [3.05, 3.63) is 69.9 Å². The van der Waals surface area contributed by atoms with Gasteiger partial charge in [0, 0.05) is 37.3 Å². The minimum atomic E-state index is -0.143.